The number of hydrogen-bond acceptors (Lipinski definition) is 5. The summed E-state index contributed by atoms with van der Waals surface area (Å²) in [6.07, 6.45) is 4.34. The zero-order chi connectivity index (χ0) is 23.9. The van der Waals surface area contributed by atoms with Crippen LogP contribution in [0.4, 0.5) is 5.69 Å². The molecule has 0 radical (unpaired) electrons. The number of anilines is 1. The molecular formula is C26H29N5O3. The van der Waals surface area contributed by atoms with Crippen molar-refractivity contribution in [3.63, 3.8) is 0 Å². The topological polar surface area (TPSA) is 80.6 Å². The Morgan fingerprint density at radius 2 is 1.74 bits per heavy atom. The molecule has 0 N–H and O–H groups in total. The van der Waals surface area contributed by atoms with Crippen molar-refractivity contribution in [1.82, 2.24) is 19.9 Å². The van der Waals surface area contributed by atoms with Crippen LogP contribution in [0.25, 0.3) is 5.69 Å². The summed E-state index contributed by atoms with van der Waals surface area (Å²) in [5.41, 5.74) is 3.90. The highest BCUT2D eigenvalue weighted by molar-refractivity contribution is 6.07. The van der Waals surface area contributed by atoms with Crippen LogP contribution in [-0.2, 0) is 16.6 Å². The fourth-order valence-corrected chi connectivity index (χ4v) is 4.91. The predicted octanol–water partition coefficient (Wildman–Crippen LogP) is 3.38. The van der Waals surface area contributed by atoms with Crippen molar-refractivity contribution < 1.29 is 14.3 Å². The lowest BCUT2D eigenvalue weighted by Crippen LogP contribution is -2.40. The summed E-state index contributed by atoms with van der Waals surface area (Å²) in [6.45, 7) is 0.552. The van der Waals surface area contributed by atoms with Crippen molar-refractivity contribution in [3.05, 3.63) is 65.5 Å². The van der Waals surface area contributed by atoms with E-state index < -0.39 is 0 Å². The maximum absolute atomic E-state index is 13.5. The van der Waals surface area contributed by atoms with Gasteiger partial charge in [0.05, 0.1) is 18.5 Å². The molecular weight excluding hydrogens is 430 g/mol. The number of methoxy groups -OCH3 is 1. The first-order chi connectivity index (χ1) is 16.4. The fourth-order valence-electron chi connectivity index (χ4n) is 4.91. The summed E-state index contributed by atoms with van der Waals surface area (Å²) >= 11 is 0. The molecule has 1 aromatic heterocycles. The monoisotopic (exact) mass is 459 g/mol. The SMILES string of the molecule is COc1ccc(-n2nnc3c2C(=O)N(c2ccc(C4(CC(=O)N(C)C)CCC4)cc2)CC3)cc1. The molecule has 0 saturated heterocycles. The molecule has 2 amide bonds. The number of rotatable bonds is 6. The third-order valence-electron chi connectivity index (χ3n) is 7.17. The number of carbonyl (C=O) groups is 2. The Kier molecular flexibility index (Phi) is 5.59. The number of carbonyl (C=O) groups excluding carboxylic acids is 2. The van der Waals surface area contributed by atoms with Crippen molar-refractivity contribution in [1.29, 1.82) is 0 Å². The van der Waals surface area contributed by atoms with Crippen LogP contribution in [0.1, 0.15) is 47.4 Å². The van der Waals surface area contributed by atoms with Gasteiger partial charge in [-0.25, -0.2) is 4.68 Å². The Labute approximate surface area is 199 Å². The van der Waals surface area contributed by atoms with Gasteiger partial charge < -0.3 is 14.5 Å². The lowest BCUT2D eigenvalue weighted by molar-refractivity contribution is -0.130. The number of benzene rings is 2. The van der Waals surface area contributed by atoms with Crippen molar-refractivity contribution >= 4 is 17.5 Å². The van der Waals surface area contributed by atoms with Gasteiger partial charge >= 0.3 is 0 Å². The molecule has 2 heterocycles. The zero-order valence-electron chi connectivity index (χ0n) is 19.8. The molecule has 1 aliphatic heterocycles. The second kappa shape index (κ2) is 8.59. The molecule has 1 fully saturated rings. The van der Waals surface area contributed by atoms with Crippen LogP contribution in [0.15, 0.2) is 48.5 Å². The van der Waals surface area contributed by atoms with Gasteiger partial charge in [-0.3, -0.25) is 9.59 Å². The first-order valence-electron chi connectivity index (χ1n) is 11.6. The van der Waals surface area contributed by atoms with Gasteiger partial charge in [0.1, 0.15) is 5.75 Å². The van der Waals surface area contributed by atoms with E-state index >= 15 is 0 Å². The van der Waals surface area contributed by atoms with Crippen molar-refractivity contribution in [2.75, 3.05) is 32.6 Å². The van der Waals surface area contributed by atoms with Gasteiger partial charge in [-0.1, -0.05) is 23.8 Å². The fraction of sp³-hybridized carbons (Fsp3) is 0.385. The molecule has 3 aromatic rings. The minimum absolute atomic E-state index is 0.0874. The van der Waals surface area contributed by atoms with E-state index in [1.807, 2.05) is 36.4 Å². The first-order valence-corrected chi connectivity index (χ1v) is 11.6. The van der Waals surface area contributed by atoms with Crippen LogP contribution in [0.3, 0.4) is 0 Å². The van der Waals surface area contributed by atoms with Gasteiger partial charge in [0, 0.05) is 44.6 Å². The molecule has 0 spiro atoms. The largest absolute Gasteiger partial charge is 0.497 e. The molecule has 1 saturated carbocycles. The number of ether oxygens (including phenoxy) is 1. The highest BCUT2D eigenvalue weighted by atomic mass is 16.5. The van der Waals surface area contributed by atoms with Crippen LogP contribution < -0.4 is 9.64 Å². The Hall–Kier alpha value is -3.68. The Morgan fingerprint density at radius 3 is 2.32 bits per heavy atom. The molecule has 2 aromatic carbocycles. The van der Waals surface area contributed by atoms with Crippen LogP contribution >= 0.6 is 0 Å². The van der Waals surface area contributed by atoms with Gasteiger partial charge in [0.25, 0.3) is 5.91 Å². The Balaban J connectivity index is 1.40. The second-order valence-corrected chi connectivity index (χ2v) is 9.35. The number of amides is 2. The molecule has 5 rings (SSSR count). The molecule has 2 aliphatic rings. The Bertz CT molecular complexity index is 1210. The van der Waals surface area contributed by atoms with E-state index in [0.717, 1.165) is 36.4 Å². The summed E-state index contributed by atoms with van der Waals surface area (Å²) in [7, 11) is 5.23. The van der Waals surface area contributed by atoms with Crippen LogP contribution in [0.2, 0.25) is 0 Å². The van der Waals surface area contributed by atoms with Gasteiger partial charge in [-0.2, -0.15) is 0 Å². The van der Waals surface area contributed by atoms with Gasteiger partial charge in [0.15, 0.2) is 5.69 Å². The van der Waals surface area contributed by atoms with Crippen molar-refractivity contribution in [2.24, 2.45) is 0 Å². The highest BCUT2D eigenvalue weighted by Crippen LogP contribution is 2.47. The summed E-state index contributed by atoms with van der Waals surface area (Å²) < 4.78 is 6.84. The minimum atomic E-state index is -0.115. The van der Waals surface area contributed by atoms with E-state index in [2.05, 4.69) is 22.4 Å². The third kappa shape index (κ3) is 3.73. The van der Waals surface area contributed by atoms with Gasteiger partial charge in [0.2, 0.25) is 5.91 Å². The molecule has 1 aliphatic carbocycles. The van der Waals surface area contributed by atoms with Crippen LogP contribution in [0.5, 0.6) is 5.75 Å². The van der Waals surface area contributed by atoms with Crippen LogP contribution in [-0.4, -0.2) is 59.5 Å². The van der Waals surface area contributed by atoms with E-state index in [1.54, 1.807) is 35.7 Å². The maximum Gasteiger partial charge on any atom is 0.278 e. The van der Waals surface area contributed by atoms with Crippen molar-refractivity contribution in [2.45, 2.75) is 37.5 Å². The number of hydrogen-bond donors (Lipinski definition) is 0. The van der Waals surface area contributed by atoms with E-state index in [4.69, 9.17) is 4.74 Å². The van der Waals surface area contributed by atoms with Crippen molar-refractivity contribution in [3.8, 4) is 11.4 Å². The lowest BCUT2D eigenvalue weighted by Gasteiger charge is -2.42. The first kappa shape index (κ1) is 22.1. The molecule has 34 heavy (non-hydrogen) atoms. The maximum atomic E-state index is 13.5. The summed E-state index contributed by atoms with van der Waals surface area (Å²) in [6, 6.07) is 15.6. The van der Waals surface area contributed by atoms with E-state index in [1.165, 1.54) is 5.56 Å². The standard InChI is InChI=1S/C26H29N5O3/c1-29(2)23(32)17-26(14-4-15-26)18-5-7-19(8-6-18)30-16-13-22-24(25(30)33)31(28-27-22)20-9-11-21(34-3)12-10-20/h5-12H,4,13-17H2,1-3H3. The van der Waals surface area contributed by atoms with E-state index in [-0.39, 0.29) is 17.2 Å². The normalized spacial score (nSPS) is 16.6. The second-order valence-electron chi connectivity index (χ2n) is 9.35. The third-order valence-corrected chi connectivity index (χ3v) is 7.17. The Morgan fingerprint density at radius 1 is 1.06 bits per heavy atom. The summed E-state index contributed by atoms with van der Waals surface area (Å²) in [5, 5.41) is 8.51. The lowest BCUT2D eigenvalue weighted by atomic mass is 9.62. The number of fused-ring (bicyclic) bond motifs is 1. The summed E-state index contributed by atoms with van der Waals surface area (Å²) in [5.74, 6) is 0.778. The molecule has 8 nitrogen and oxygen atoms in total. The zero-order valence-corrected chi connectivity index (χ0v) is 19.8. The van der Waals surface area contributed by atoms with E-state index in [9.17, 15) is 9.59 Å². The predicted molar refractivity (Wildman–Crippen MR) is 129 cm³/mol. The van der Waals surface area contributed by atoms with E-state index in [0.29, 0.717) is 30.8 Å². The minimum Gasteiger partial charge on any atom is -0.497 e. The average Bonchev–Trinajstić information content (AvgIpc) is 3.27. The number of aromatic nitrogens is 3. The van der Waals surface area contributed by atoms with Gasteiger partial charge in [-0.15, -0.1) is 5.10 Å². The molecule has 0 atom stereocenters. The molecule has 176 valence electrons. The smallest absolute Gasteiger partial charge is 0.278 e. The van der Waals surface area contributed by atoms with Crippen LogP contribution in [0, 0.1) is 0 Å². The van der Waals surface area contributed by atoms with Gasteiger partial charge in [-0.05, 0) is 54.8 Å². The quantitative estimate of drug-likeness (QED) is 0.565. The number of nitrogens with zero attached hydrogens (tertiary/aromatic N) is 5. The highest BCUT2D eigenvalue weighted by Gasteiger charge is 2.41. The average molecular weight is 460 g/mol. The summed E-state index contributed by atoms with van der Waals surface area (Å²) in [4.78, 5) is 29.4. The molecule has 8 heteroatoms. The molecule has 0 unspecified atom stereocenters. The molecule has 0 bridgehead atoms.